The number of nitrogens with one attached hydrogen (secondary N) is 2. The average Bonchev–Trinajstić information content (AvgIpc) is 2.66. The van der Waals surface area contributed by atoms with Gasteiger partial charge in [0.15, 0.2) is 6.17 Å². The Bertz CT molecular complexity index is 140. The minimum Gasteiger partial charge on any atom is -0.310 e. The molecular weight excluding hydrogens is 119 g/mol. The first-order chi connectivity index (χ1) is 4.25. The van der Waals surface area contributed by atoms with Crippen LogP contribution < -0.4 is 0 Å². The Morgan fingerprint density at radius 2 is 2.22 bits per heavy atom. The van der Waals surface area contributed by atoms with Crippen LogP contribution in [0.3, 0.4) is 0 Å². The van der Waals surface area contributed by atoms with Gasteiger partial charge in [0, 0.05) is 6.21 Å². The van der Waals surface area contributed by atoms with E-state index in [1.54, 1.807) is 0 Å². The summed E-state index contributed by atoms with van der Waals surface area (Å²) in [6, 6.07) is 0. The molecule has 1 rings (SSSR count). The summed E-state index contributed by atoms with van der Waals surface area (Å²) in [5.74, 6) is 0.154. The van der Waals surface area contributed by atoms with Gasteiger partial charge in [-0.2, -0.15) is 0 Å². The fourth-order valence-electron chi connectivity index (χ4n) is 0.709. The normalized spacial score (nSPS) is 21.0. The Kier molecular flexibility index (Phi) is 1.60. The van der Waals surface area contributed by atoms with Crippen LogP contribution in [0.25, 0.3) is 0 Å². The smallest absolute Gasteiger partial charge is 0.172 e. The quantitative estimate of drug-likeness (QED) is 0.540. The van der Waals surface area contributed by atoms with E-state index in [-0.39, 0.29) is 11.6 Å². The highest BCUT2D eigenvalue weighted by Gasteiger charge is 2.30. The van der Waals surface area contributed by atoms with Gasteiger partial charge in [-0.15, -0.1) is 0 Å². The molecule has 0 amide bonds. The second-order valence-electron chi connectivity index (χ2n) is 2.30. The van der Waals surface area contributed by atoms with E-state index in [9.17, 15) is 4.39 Å². The van der Waals surface area contributed by atoms with Gasteiger partial charge in [-0.05, 0) is 18.8 Å². The molecule has 1 aliphatic carbocycles. The first kappa shape index (κ1) is 6.39. The Morgan fingerprint density at radius 3 is 2.56 bits per heavy atom. The van der Waals surface area contributed by atoms with E-state index < -0.39 is 6.17 Å². The molecule has 0 aromatic carbocycles. The van der Waals surface area contributed by atoms with E-state index in [0.29, 0.717) is 6.21 Å². The highest BCUT2D eigenvalue weighted by atomic mass is 19.1. The fraction of sp³-hybridized carbons (Fsp3) is 0.667. The maximum Gasteiger partial charge on any atom is 0.172 e. The molecule has 0 heterocycles. The van der Waals surface area contributed by atoms with Crippen molar-refractivity contribution >= 4 is 11.9 Å². The predicted octanol–water partition coefficient (Wildman–Crippen LogP) is 1.40. The summed E-state index contributed by atoms with van der Waals surface area (Å²) >= 11 is 0. The van der Waals surface area contributed by atoms with E-state index in [2.05, 4.69) is 0 Å². The fourth-order valence-corrected chi connectivity index (χ4v) is 0.709. The Balaban J connectivity index is 2.39. The number of halogens is 1. The van der Waals surface area contributed by atoms with Crippen LogP contribution in [-0.4, -0.2) is 18.1 Å². The second kappa shape index (κ2) is 2.25. The first-order valence-electron chi connectivity index (χ1n) is 2.98. The standard InChI is InChI=1S/C6H9FN2/c7-5(3-8)6(9)4-1-2-4/h3-5,8-9H,1-2H2. The van der Waals surface area contributed by atoms with Crippen molar-refractivity contribution in [3.63, 3.8) is 0 Å². The van der Waals surface area contributed by atoms with E-state index in [4.69, 9.17) is 10.8 Å². The van der Waals surface area contributed by atoms with Gasteiger partial charge >= 0.3 is 0 Å². The van der Waals surface area contributed by atoms with Crippen molar-refractivity contribution in [1.29, 1.82) is 10.8 Å². The largest absolute Gasteiger partial charge is 0.310 e. The molecule has 1 aliphatic rings. The maximum absolute atomic E-state index is 12.3. The van der Waals surface area contributed by atoms with Crippen LogP contribution >= 0.6 is 0 Å². The average molecular weight is 128 g/mol. The van der Waals surface area contributed by atoms with Gasteiger partial charge in [0.2, 0.25) is 0 Å². The molecule has 1 atom stereocenters. The van der Waals surface area contributed by atoms with Crippen molar-refractivity contribution in [3.8, 4) is 0 Å². The summed E-state index contributed by atoms with van der Waals surface area (Å²) in [6.45, 7) is 0. The highest BCUT2D eigenvalue weighted by Crippen LogP contribution is 2.31. The number of rotatable bonds is 3. The van der Waals surface area contributed by atoms with Crippen LogP contribution in [0.1, 0.15) is 12.8 Å². The summed E-state index contributed by atoms with van der Waals surface area (Å²) in [6.07, 6.45) is 1.14. The molecule has 9 heavy (non-hydrogen) atoms. The highest BCUT2D eigenvalue weighted by molar-refractivity contribution is 6.01. The lowest BCUT2D eigenvalue weighted by Gasteiger charge is -1.99. The molecule has 2 N–H and O–H groups in total. The van der Waals surface area contributed by atoms with Crippen molar-refractivity contribution in [2.24, 2.45) is 5.92 Å². The van der Waals surface area contributed by atoms with Gasteiger partial charge in [-0.1, -0.05) is 0 Å². The molecule has 0 spiro atoms. The van der Waals surface area contributed by atoms with E-state index in [0.717, 1.165) is 12.8 Å². The number of hydrogen-bond acceptors (Lipinski definition) is 2. The van der Waals surface area contributed by atoms with Crippen LogP contribution in [0.15, 0.2) is 0 Å². The third kappa shape index (κ3) is 1.34. The van der Waals surface area contributed by atoms with Crippen LogP contribution in [0.4, 0.5) is 4.39 Å². The summed E-state index contributed by atoms with van der Waals surface area (Å²) in [7, 11) is 0. The number of alkyl halides is 1. The topological polar surface area (TPSA) is 47.7 Å². The summed E-state index contributed by atoms with van der Waals surface area (Å²) in [5.41, 5.74) is 0.0880. The molecule has 0 aromatic heterocycles. The molecule has 0 aliphatic heterocycles. The summed E-state index contributed by atoms with van der Waals surface area (Å²) in [5, 5.41) is 13.6. The lowest BCUT2D eigenvalue weighted by atomic mass is 10.2. The number of hydrogen-bond donors (Lipinski definition) is 2. The Hall–Kier alpha value is -0.730. The van der Waals surface area contributed by atoms with Crippen molar-refractivity contribution in [2.75, 3.05) is 0 Å². The second-order valence-corrected chi connectivity index (χ2v) is 2.30. The zero-order valence-corrected chi connectivity index (χ0v) is 5.02. The molecule has 0 bridgehead atoms. The van der Waals surface area contributed by atoms with Crippen molar-refractivity contribution in [1.82, 2.24) is 0 Å². The Morgan fingerprint density at radius 1 is 1.67 bits per heavy atom. The van der Waals surface area contributed by atoms with Crippen LogP contribution in [0.2, 0.25) is 0 Å². The zero-order valence-electron chi connectivity index (χ0n) is 5.02. The summed E-state index contributed by atoms with van der Waals surface area (Å²) in [4.78, 5) is 0. The van der Waals surface area contributed by atoms with Crippen LogP contribution in [-0.2, 0) is 0 Å². The van der Waals surface area contributed by atoms with Crippen LogP contribution in [0, 0.1) is 16.7 Å². The van der Waals surface area contributed by atoms with Crippen molar-refractivity contribution < 1.29 is 4.39 Å². The first-order valence-corrected chi connectivity index (χ1v) is 2.98. The minimum atomic E-state index is -1.42. The molecule has 50 valence electrons. The minimum absolute atomic E-state index is 0.0880. The monoisotopic (exact) mass is 128 g/mol. The molecule has 1 fully saturated rings. The van der Waals surface area contributed by atoms with Crippen LogP contribution in [0.5, 0.6) is 0 Å². The van der Waals surface area contributed by atoms with E-state index in [1.807, 2.05) is 0 Å². The third-order valence-electron chi connectivity index (χ3n) is 1.46. The van der Waals surface area contributed by atoms with Gasteiger partial charge in [0.25, 0.3) is 0 Å². The van der Waals surface area contributed by atoms with Gasteiger partial charge in [0.05, 0.1) is 5.71 Å². The van der Waals surface area contributed by atoms with E-state index >= 15 is 0 Å². The molecule has 0 aromatic rings. The lowest BCUT2D eigenvalue weighted by Crippen LogP contribution is -2.17. The van der Waals surface area contributed by atoms with Gasteiger partial charge in [0.1, 0.15) is 0 Å². The SMILES string of the molecule is N=CC(F)C(=N)C1CC1. The van der Waals surface area contributed by atoms with E-state index in [1.165, 1.54) is 0 Å². The van der Waals surface area contributed by atoms with Gasteiger partial charge < -0.3 is 10.8 Å². The molecule has 0 radical (unpaired) electrons. The third-order valence-corrected chi connectivity index (χ3v) is 1.46. The zero-order chi connectivity index (χ0) is 6.85. The predicted molar refractivity (Wildman–Crippen MR) is 34.1 cm³/mol. The molecule has 1 saturated carbocycles. The molecule has 1 unspecified atom stereocenters. The molecular formula is C6H9FN2. The van der Waals surface area contributed by atoms with Gasteiger partial charge in [-0.3, -0.25) is 0 Å². The van der Waals surface area contributed by atoms with Crippen molar-refractivity contribution in [2.45, 2.75) is 19.0 Å². The lowest BCUT2D eigenvalue weighted by molar-refractivity contribution is 0.511. The Labute approximate surface area is 53.1 Å². The van der Waals surface area contributed by atoms with Crippen molar-refractivity contribution in [3.05, 3.63) is 0 Å². The summed E-state index contributed by atoms with van der Waals surface area (Å²) < 4.78 is 12.3. The maximum atomic E-state index is 12.3. The molecule has 0 saturated heterocycles. The van der Waals surface area contributed by atoms with Gasteiger partial charge in [-0.25, -0.2) is 4.39 Å². The molecule has 2 nitrogen and oxygen atoms in total. The molecule has 3 heteroatoms.